The average Bonchev–Trinajstić information content (AvgIpc) is 2.37. The van der Waals surface area contributed by atoms with Gasteiger partial charge in [0.15, 0.2) is 0 Å². The summed E-state index contributed by atoms with van der Waals surface area (Å²) >= 11 is 12.0. The normalized spacial score (nSPS) is 10.6. The minimum absolute atomic E-state index is 0.568. The van der Waals surface area contributed by atoms with Gasteiger partial charge in [-0.15, -0.1) is 0 Å². The van der Waals surface area contributed by atoms with Gasteiger partial charge in [-0.25, -0.2) is 9.97 Å². The third-order valence-corrected chi connectivity index (χ3v) is 3.35. The van der Waals surface area contributed by atoms with Crippen LogP contribution in [0.1, 0.15) is 17.1 Å². The number of rotatable bonds is 5. The highest BCUT2D eigenvalue weighted by Crippen LogP contribution is 2.21. The van der Waals surface area contributed by atoms with Crippen LogP contribution in [0.5, 0.6) is 0 Å². The molecule has 0 saturated heterocycles. The molecule has 0 unspecified atom stereocenters. The predicted octanol–water partition coefficient (Wildman–Crippen LogP) is 3.21. The lowest BCUT2D eigenvalue weighted by atomic mass is 10.2. The van der Waals surface area contributed by atoms with Crippen molar-refractivity contribution >= 4 is 29.0 Å². The fraction of sp³-hybridized carbons (Fsp3) is 0.286. The van der Waals surface area contributed by atoms with E-state index in [1.165, 1.54) is 0 Å². The number of nitrogens with zero attached hydrogens (tertiary/aromatic N) is 2. The van der Waals surface area contributed by atoms with Crippen molar-refractivity contribution in [1.82, 2.24) is 9.97 Å². The number of nitrogens with one attached hydrogen (secondary N) is 1. The second kappa shape index (κ2) is 6.88. The van der Waals surface area contributed by atoms with E-state index in [1.807, 2.05) is 25.1 Å². The van der Waals surface area contributed by atoms with Crippen molar-refractivity contribution in [2.75, 3.05) is 11.9 Å². The van der Waals surface area contributed by atoms with Crippen LogP contribution < -0.4 is 11.1 Å². The average molecular weight is 311 g/mol. The maximum atomic E-state index is 6.13. The van der Waals surface area contributed by atoms with Crippen molar-refractivity contribution in [3.05, 3.63) is 51.4 Å². The Kier molecular flexibility index (Phi) is 5.17. The third-order valence-electron chi connectivity index (χ3n) is 2.77. The molecule has 106 valence electrons. The summed E-state index contributed by atoms with van der Waals surface area (Å²) in [6.45, 7) is 3.01. The minimum atomic E-state index is 0.568. The van der Waals surface area contributed by atoms with Crippen LogP contribution in [0.15, 0.2) is 24.3 Å². The zero-order valence-corrected chi connectivity index (χ0v) is 12.7. The Labute approximate surface area is 128 Å². The van der Waals surface area contributed by atoms with E-state index in [-0.39, 0.29) is 0 Å². The Morgan fingerprint density at radius 1 is 1.20 bits per heavy atom. The number of hydrogen-bond acceptors (Lipinski definition) is 4. The maximum absolute atomic E-state index is 6.13. The first-order valence-corrected chi connectivity index (χ1v) is 7.06. The quantitative estimate of drug-likeness (QED) is 0.890. The molecule has 0 spiro atoms. The molecule has 2 aromatic rings. The first kappa shape index (κ1) is 15.0. The summed E-state index contributed by atoms with van der Waals surface area (Å²) in [7, 11) is 0. The van der Waals surface area contributed by atoms with Crippen LogP contribution in [-0.4, -0.2) is 16.5 Å². The fourth-order valence-corrected chi connectivity index (χ4v) is 2.32. The van der Waals surface area contributed by atoms with Gasteiger partial charge in [-0.3, -0.25) is 0 Å². The zero-order valence-electron chi connectivity index (χ0n) is 11.2. The molecule has 0 aliphatic heterocycles. The molecule has 1 aromatic heterocycles. The van der Waals surface area contributed by atoms with Crippen LogP contribution in [0.4, 0.5) is 5.82 Å². The van der Waals surface area contributed by atoms with E-state index in [2.05, 4.69) is 15.3 Å². The maximum Gasteiger partial charge on any atom is 0.130 e. The van der Waals surface area contributed by atoms with E-state index in [9.17, 15) is 0 Å². The molecular weight excluding hydrogens is 295 g/mol. The van der Waals surface area contributed by atoms with Crippen LogP contribution in [0.2, 0.25) is 10.0 Å². The first-order valence-electron chi connectivity index (χ1n) is 6.31. The lowest BCUT2D eigenvalue weighted by molar-refractivity contribution is 0.886. The van der Waals surface area contributed by atoms with Gasteiger partial charge in [0, 0.05) is 34.8 Å². The highest BCUT2D eigenvalue weighted by Gasteiger charge is 2.04. The van der Waals surface area contributed by atoms with Crippen molar-refractivity contribution in [2.24, 2.45) is 5.73 Å². The third kappa shape index (κ3) is 4.07. The van der Waals surface area contributed by atoms with Gasteiger partial charge in [0.25, 0.3) is 0 Å². The molecule has 20 heavy (non-hydrogen) atoms. The molecular formula is C14H16Cl2N4. The molecule has 0 aliphatic carbocycles. The standard InChI is InChI=1S/C14H16Cl2N4/c1-9-19-12(4-5-17)7-14(20-9)18-8-10-2-3-11(15)6-13(10)16/h2-3,6-7H,4-5,8,17H2,1H3,(H,18,19,20). The van der Waals surface area contributed by atoms with Crippen LogP contribution >= 0.6 is 23.2 Å². The summed E-state index contributed by atoms with van der Waals surface area (Å²) in [5.74, 6) is 1.49. The molecule has 0 radical (unpaired) electrons. The Bertz CT molecular complexity index is 602. The summed E-state index contributed by atoms with van der Waals surface area (Å²) in [6.07, 6.45) is 0.736. The molecule has 0 amide bonds. The van der Waals surface area contributed by atoms with Crippen molar-refractivity contribution in [2.45, 2.75) is 19.9 Å². The molecule has 1 aromatic carbocycles. The van der Waals surface area contributed by atoms with Gasteiger partial charge in [0.1, 0.15) is 11.6 Å². The van der Waals surface area contributed by atoms with E-state index in [4.69, 9.17) is 28.9 Å². The minimum Gasteiger partial charge on any atom is -0.366 e. The molecule has 4 nitrogen and oxygen atoms in total. The van der Waals surface area contributed by atoms with Gasteiger partial charge in [0.05, 0.1) is 0 Å². The lowest BCUT2D eigenvalue weighted by Gasteiger charge is -2.09. The SMILES string of the molecule is Cc1nc(CCN)cc(NCc2ccc(Cl)cc2Cl)n1. The Hall–Kier alpha value is -1.36. The molecule has 0 saturated carbocycles. The molecule has 3 N–H and O–H groups in total. The molecule has 1 heterocycles. The van der Waals surface area contributed by atoms with Gasteiger partial charge in [-0.1, -0.05) is 29.3 Å². The van der Waals surface area contributed by atoms with Crippen LogP contribution in [-0.2, 0) is 13.0 Å². The monoisotopic (exact) mass is 310 g/mol. The van der Waals surface area contributed by atoms with Crippen molar-refractivity contribution in [3.8, 4) is 0 Å². The summed E-state index contributed by atoms with van der Waals surface area (Å²) in [4.78, 5) is 8.68. The number of benzene rings is 1. The van der Waals surface area contributed by atoms with E-state index in [1.54, 1.807) is 6.07 Å². The van der Waals surface area contributed by atoms with Crippen LogP contribution in [0, 0.1) is 6.92 Å². The van der Waals surface area contributed by atoms with Crippen LogP contribution in [0.25, 0.3) is 0 Å². The van der Waals surface area contributed by atoms with Crippen molar-refractivity contribution in [1.29, 1.82) is 0 Å². The van der Waals surface area contributed by atoms with Gasteiger partial charge >= 0.3 is 0 Å². The molecule has 0 atom stereocenters. The van der Waals surface area contributed by atoms with Crippen molar-refractivity contribution in [3.63, 3.8) is 0 Å². The number of aromatic nitrogens is 2. The van der Waals surface area contributed by atoms with Crippen molar-refractivity contribution < 1.29 is 0 Å². The summed E-state index contributed by atoms with van der Waals surface area (Å²) < 4.78 is 0. The number of anilines is 1. The van der Waals surface area contributed by atoms with Gasteiger partial charge < -0.3 is 11.1 Å². The van der Waals surface area contributed by atoms with Gasteiger partial charge in [-0.05, 0) is 31.2 Å². The Balaban J connectivity index is 2.10. The molecule has 0 fully saturated rings. The zero-order chi connectivity index (χ0) is 14.5. The van der Waals surface area contributed by atoms with Gasteiger partial charge in [0.2, 0.25) is 0 Å². The molecule has 6 heteroatoms. The number of aryl methyl sites for hydroxylation is 1. The summed E-state index contributed by atoms with van der Waals surface area (Å²) in [5, 5.41) is 4.51. The first-order chi connectivity index (χ1) is 9.58. The smallest absolute Gasteiger partial charge is 0.130 e. The fourth-order valence-electron chi connectivity index (χ4n) is 1.85. The molecule has 0 bridgehead atoms. The number of nitrogens with two attached hydrogens (primary N) is 1. The van der Waals surface area contributed by atoms with E-state index in [0.717, 1.165) is 29.3 Å². The predicted molar refractivity (Wildman–Crippen MR) is 83.3 cm³/mol. The van der Waals surface area contributed by atoms with Gasteiger partial charge in [-0.2, -0.15) is 0 Å². The number of halogens is 2. The highest BCUT2D eigenvalue weighted by atomic mass is 35.5. The second-order valence-electron chi connectivity index (χ2n) is 4.42. The summed E-state index contributed by atoms with van der Waals surface area (Å²) in [5.41, 5.74) is 7.45. The van der Waals surface area contributed by atoms with E-state index >= 15 is 0 Å². The largest absolute Gasteiger partial charge is 0.366 e. The Morgan fingerprint density at radius 3 is 2.70 bits per heavy atom. The Morgan fingerprint density at radius 2 is 2.00 bits per heavy atom. The topological polar surface area (TPSA) is 63.8 Å². The highest BCUT2D eigenvalue weighted by molar-refractivity contribution is 6.35. The van der Waals surface area contributed by atoms with E-state index < -0.39 is 0 Å². The molecule has 0 aliphatic rings. The number of hydrogen-bond donors (Lipinski definition) is 2. The lowest BCUT2D eigenvalue weighted by Crippen LogP contribution is -2.08. The summed E-state index contributed by atoms with van der Waals surface area (Å²) in [6, 6.07) is 7.34. The van der Waals surface area contributed by atoms with E-state index in [0.29, 0.717) is 23.1 Å². The molecule has 2 rings (SSSR count). The van der Waals surface area contributed by atoms with Crippen LogP contribution in [0.3, 0.4) is 0 Å². The second-order valence-corrected chi connectivity index (χ2v) is 5.26.